The second-order valence-electron chi connectivity index (χ2n) is 7.67. The highest BCUT2D eigenvalue weighted by atomic mass is 35.5. The molecule has 2 aromatic rings. The van der Waals surface area contributed by atoms with E-state index in [-0.39, 0.29) is 44.4 Å². The minimum Gasteiger partial charge on any atom is -0.491 e. The van der Waals surface area contributed by atoms with Crippen molar-refractivity contribution in [2.24, 2.45) is 5.73 Å². The summed E-state index contributed by atoms with van der Waals surface area (Å²) in [6, 6.07) is 5.27. The zero-order chi connectivity index (χ0) is 29.2. The summed E-state index contributed by atoms with van der Waals surface area (Å²) in [5, 5.41) is -0.401. The van der Waals surface area contributed by atoms with Gasteiger partial charge in [-0.2, -0.15) is 25.9 Å². The zero-order valence-corrected chi connectivity index (χ0v) is 22.5. The van der Waals surface area contributed by atoms with Crippen LogP contribution in [0.3, 0.4) is 0 Å². The SMILES string of the molecule is C=CCN(CCC(OC)c1ccc(OCCOC)cc1Oc1ncc(C(F)(F)F)cc1Cl)S(=O)(=O)OC(N)=O. The Bertz CT molecular complexity index is 1250. The molecule has 0 spiro atoms. The monoisotopic (exact) mass is 597 g/mol. The number of amides is 1. The van der Waals surface area contributed by atoms with E-state index < -0.39 is 39.3 Å². The summed E-state index contributed by atoms with van der Waals surface area (Å²) in [5.41, 5.74) is 4.15. The van der Waals surface area contributed by atoms with Gasteiger partial charge in [0, 0.05) is 45.1 Å². The van der Waals surface area contributed by atoms with Crippen molar-refractivity contribution in [2.45, 2.75) is 18.7 Å². The Labute approximate surface area is 228 Å². The number of hydrogen-bond acceptors (Lipinski definition) is 9. The van der Waals surface area contributed by atoms with E-state index in [9.17, 15) is 26.4 Å². The van der Waals surface area contributed by atoms with Crippen LogP contribution in [0.5, 0.6) is 17.4 Å². The average Bonchev–Trinajstić information content (AvgIpc) is 2.84. The van der Waals surface area contributed by atoms with E-state index in [0.717, 1.165) is 4.31 Å². The van der Waals surface area contributed by atoms with Gasteiger partial charge in [-0.25, -0.2) is 9.78 Å². The molecule has 0 aliphatic carbocycles. The standard InChI is InChI=1S/C23H27ClF3N3O8S/c1-4-8-30(39(32,33)38-22(28)31)9-7-19(35-3)17-6-5-16(36-11-10-34-2)13-20(17)37-21-18(24)12-15(14-29-21)23(25,26)27/h4-6,12-14,19H,1,7-11H2,2-3H3,(H2,28,31). The van der Waals surface area contributed by atoms with Crippen molar-refractivity contribution >= 4 is 28.0 Å². The van der Waals surface area contributed by atoms with Gasteiger partial charge in [0.15, 0.2) is 0 Å². The number of nitrogens with two attached hydrogens (primary N) is 1. The molecule has 39 heavy (non-hydrogen) atoms. The van der Waals surface area contributed by atoms with Crippen LogP contribution < -0.4 is 15.2 Å². The highest BCUT2D eigenvalue weighted by molar-refractivity contribution is 7.84. The third kappa shape index (κ3) is 9.54. The van der Waals surface area contributed by atoms with Crippen molar-refractivity contribution in [1.29, 1.82) is 0 Å². The van der Waals surface area contributed by atoms with Gasteiger partial charge < -0.3 is 28.9 Å². The molecule has 11 nitrogen and oxygen atoms in total. The van der Waals surface area contributed by atoms with E-state index in [4.69, 9.17) is 36.3 Å². The van der Waals surface area contributed by atoms with Gasteiger partial charge in [0.1, 0.15) is 23.1 Å². The summed E-state index contributed by atoms with van der Waals surface area (Å²) in [5.74, 6) is 0.0763. The predicted molar refractivity (Wildman–Crippen MR) is 134 cm³/mol. The number of nitrogens with zero attached hydrogens (tertiary/aromatic N) is 2. The fourth-order valence-corrected chi connectivity index (χ4v) is 4.35. The molecule has 1 atom stereocenters. The number of carbonyl (C=O) groups excluding carboxylic acids is 1. The summed E-state index contributed by atoms with van der Waals surface area (Å²) in [7, 11) is -1.67. The lowest BCUT2D eigenvalue weighted by Crippen LogP contribution is -2.37. The summed E-state index contributed by atoms with van der Waals surface area (Å²) in [6.45, 7) is 3.56. The molecule has 1 amide bonds. The largest absolute Gasteiger partial charge is 0.491 e. The van der Waals surface area contributed by atoms with Gasteiger partial charge in [-0.15, -0.1) is 6.58 Å². The lowest BCUT2D eigenvalue weighted by Gasteiger charge is -2.24. The number of benzene rings is 1. The molecule has 0 radical (unpaired) electrons. The molecule has 0 fully saturated rings. The topological polar surface area (TPSA) is 140 Å². The minimum absolute atomic E-state index is 0.0140. The van der Waals surface area contributed by atoms with Crippen LogP contribution in [0, 0.1) is 0 Å². The number of primary amides is 1. The van der Waals surface area contributed by atoms with Gasteiger partial charge in [0.05, 0.1) is 18.3 Å². The van der Waals surface area contributed by atoms with Crippen LogP contribution in [-0.4, -0.2) is 64.3 Å². The third-order valence-corrected chi connectivity index (χ3v) is 6.60. The van der Waals surface area contributed by atoms with Gasteiger partial charge in [0.25, 0.3) is 0 Å². The Morgan fingerprint density at radius 1 is 1.26 bits per heavy atom. The maximum atomic E-state index is 13.0. The first kappa shape index (κ1) is 32.1. The average molecular weight is 598 g/mol. The Hall–Kier alpha value is -3.11. The highest BCUT2D eigenvalue weighted by Crippen LogP contribution is 2.39. The molecule has 0 aliphatic heterocycles. The van der Waals surface area contributed by atoms with E-state index in [1.807, 2.05) is 0 Å². The third-order valence-electron chi connectivity index (χ3n) is 4.99. The van der Waals surface area contributed by atoms with Crippen molar-refractivity contribution in [3.05, 3.63) is 59.3 Å². The van der Waals surface area contributed by atoms with E-state index in [1.54, 1.807) is 12.1 Å². The first-order valence-electron chi connectivity index (χ1n) is 11.1. The minimum atomic E-state index is -4.66. The van der Waals surface area contributed by atoms with Gasteiger partial charge >= 0.3 is 22.6 Å². The number of methoxy groups -OCH3 is 2. The maximum Gasteiger partial charge on any atom is 0.421 e. The lowest BCUT2D eigenvalue weighted by molar-refractivity contribution is -0.137. The number of aromatic nitrogens is 1. The number of pyridine rings is 1. The molecule has 216 valence electrons. The molecule has 16 heteroatoms. The molecule has 1 aromatic carbocycles. The summed E-state index contributed by atoms with van der Waals surface area (Å²) >= 11 is 6.02. The summed E-state index contributed by atoms with van der Waals surface area (Å²) in [6.07, 6.45) is -5.12. The maximum absolute atomic E-state index is 13.0. The fourth-order valence-electron chi connectivity index (χ4n) is 3.22. The zero-order valence-electron chi connectivity index (χ0n) is 20.9. The molecule has 1 aromatic heterocycles. The van der Waals surface area contributed by atoms with Crippen molar-refractivity contribution in [3.8, 4) is 17.4 Å². The van der Waals surface area contributed by atoms with Crippen LogP contribution in [-0.2, 0) is 30.1 Å². The Morgan fingerprint density at radius 2 is 1.97 bits per heavy atom. The van der Waals surface area contributed by atoms with Crippen molar-refractivity contribution in [2.75, 3.05) is 40.5 Å². The number of hydrogen-bond donors (Lipinski definition) is 1. The molecular weight excluding hydrogens is 571 g/mol. The Balaban J connectivity index is 2.41. The lowest BCUT2D eigenvalue weighted by atomic mass is 10.0. The second kappa shape index (κ2) is 14.3. The number of carbonyl (C=O) groups is 1. The van der Waals surface area contributed by atoms with Crippen LogP contribution >= 0.6 is 11.6 Å². The number of ether oxygens (including phenoxy) is 4. The number of rotatable bonds is 15. The number of alkyl halides is 3. The first-order valence-corrected chi connectivity index (χ1v) is 12.9. The predicted octanol–water partition coefficient (Wildman–Crippen LogP) is 4.48. The normalized spacial score (nSPS) is 12.7. The Kier molecular flexibility index (Phi) is 11.8. The van der Waals surface area contributed by atoms with Gasteiger partial charge in [-0.3, -0.25) is 0 Å². The molecule has 0 bridgehead atoms. The molecule has 2 N–H and O–H groups in total. The smallest absolute Gasteiger partial charge is 0.421 e. The number of halogens is 4. The van der Waals surface area contributed by atoms with Crippen molar-refractivity contribution in [1.82, 2.24) is 9.29 Å². The van der Waals surface area contributed by atoms with Crippen LogP contribution in [0.15, 0.2) is 43.1 Å². The van der Waals surface area contributed by atoms with Crippen LogP contribution in [0.25, 0.3) is 0 Å². The summed E-state index contributed by atoms with van der Waals surface area (Å²) in [4.78, 5) is 14.7. The van der Waals surface area contributed by atoms with Crippen molar-refractivity contribution < 1.29 is 49.5 Å². The molecule has 1 unspecified atom stereocenters. The van der Waals surface area contributed by atoms with E-state index >= 15 is 0 Å². The molecule has 0 aliphatic rings. The van der Waals surface area contributed by atoms with Crippen LogP contribution in [0.4, 0.5) is 18.0 Å². The fraction of sp³-hybridized carbons (Fsp3) is 0.391. The van der Waals surface area contributed by atoms with Crippen LogP contribution in [0.2, 0.25) is 5.02 Å². The highest BCUT2D eigenvalue weighted by Gasteiger charge is 2.32. The van der Waals surface area contributed by atoms with E-state index in [1.165, 1.54) is 26.4 Å². The molecule has 1 heterocycles. The molecular formula is C23H27ClF3N3O8S. The van der Waals surface area contributed by atoms with Crippen LogP contribution in [0.1, 0.15) is 23.7 Å². The molecule has 0 saturated carbocycles. The molecule has 0 saturated heterocycles. The Morgan fingerprint density at radius 3 is 2.54 bits per heavy atom. The van der Waals surface area contributed by atoms with Crippen molar-refractivity contribution in [3.63, 3.8) is 0 Å². The second-order valence-corrected chi connectivity index (χ2v) is 9.62. The van der Waals surface area contributed by atoms with Gasteiger partial charge in [0.2, 0.25) is 5.88 Å². The molecule has 2 rings (SSSR count). The van der Waals surface area contributed by atoms with Gasteiger partial charge in [-0.05, 0) is 24.6 Å². The quantitative estimate of drug-likeness (QED) is 0.232. The van der Waals surface area contributed by atoms with Gasteiger partial charge in [-0.1, -0.05) is 17.7 Å². The van der Waals surface area contributed by atoms with E-state index in [2.05, 4.69) is 15.7 Å². The summed E-state index contributed by atoms with van der Waals surface area (Å²) < 4.78 is 90.7. The van der Waals surface area contributed by atoms with E-state index in [0.29, 0.717) is 23.6 Å². The first-order chi connectivity index (χ1) is 18.3.